The number of urea groups is 1. The van der Waals surface area contributed by atoms with E-state index in [4.69, 9.17) is 0 Å². The second-order valence-corrected chi connectivity index (χ2v) is 10.5. The Hall–Kier alpha value is -3.63. The average molecular weight is 517 g/mol. The lowest BCUT2D eigenvalue weighted by Crippen LogP contribution is -2.53. The summed E-state index contributed by atoms with van der Waals surface area (Å²) in [7, 11) is 0. The van der Waals surface area contributed by atoms with Gasteiger partial charge in [0.1, 0.15) is 6.33 Å². The maximum absolute atomic E-state index is 13.4. The molecule has 37 heavy (non-hydrogen) atoms. The van der Waals surface area contributed by atoms with Gasteiger partial charge in [-0.2, -0.15) is 13.2 Å². The first kappa shape index (κ1) is 26.4. The Morgan fingerprint density at radius 3 is 2.62 bits per heavy atom. The minimum absolute atomic E-state index is 0.240. The van der Waals surface area contributed by atoms with Crippen LogP contribution in [0.5, 0.6) is 0 Å². The van der Waals surface area contributed by atoms with Crippen molar-refractivity contribution >= 4 is 17.5 Å². The minimum Gasteiger partial charge on any atom is -0.346 e. The second kappa shape index (κ2) is 10.0. The first-order chi connectivity index (χ1) is 17.3. The number of carbonyl (C=O) groups excluding carboxylic acids is 2. The van der Waals surface area contributed by atoms with Crippen LogP contribution in [0.15, 0.2) is 48.3 Å². The smallest absolute Gasteiger partial charge is 0.346 e. The number of piperidine rings is 1. The van der Waals surface area contributed by atoms with E-state index in [-0.39, 0.29) is 18.5 Å². The van der Waals surface area contributed by atoms with Gasteiger partial charge in [-0.25, -0.2) is 4.79 Å². The number of fused-ring (bicyclic) bond motifs is 1. The van der Waals surface area contributed by atoms with Gasteiger partial charge in [-0.15, -0.1) is 10.2 Å². The van der Waals surface area contributed by atoms with Crippen LogP contribution >= 0.6 is 0 Å². The summed E-state index contributed by atoms with van der Waals surface area (Å²) in [6, 6.07) is 4.54. The maximum Gasteiger partial charge on any atom is 0.416 e. The van der Waals surface area contributed by atoms with Crippen LogP contribution in [0, 0.1) is 11.8 Å². The van der Waals surface area contributed by atoms with Crippen molar-refractivity contribution < 1.29 is 22.8 Å². The van der Waals surface area contributed by atoms with Crippen LogP contribution in [0.25, 0.3) is 5.57 Å². The van der Waals surface area contributed by atoms with Gasteiger partial charge in [0.25, 0.3) is 0 Å². The van der Waals surface area contributed by atoms with Crippen LogP contribution in [-0.4, -0.2) is 50.6 Å². The first-order valence-electron chi connectivity index (χ1n) is 12.2. The number of alkyl halides is 3. The molecule has 3 amide bonds. The van der Waals surface area contributed by atoms with Gasteiger partial charge in [0.2, 0.25) is 5.91 Å². The van der Waals surface area contributed by atoms with E-state index in [0.717, 1.165) is 17.7 Å². The van der Waals surface area contributed by atoms with E-state index in [2.05, 4.69) is 25.8 Å². The fourth-order valence-corrected chi connectivity index (χ4v) is 4.79. The zero-order chi connectivity index (χ0) is 27.0. The normalized spacial score (nSPS) is 20.9. The van der Waals surface area contributed by atoms with Gasteiger partial charge >= 0.3 is 12.2 Å². The lowest BCUT2D eigenvalue weighted by molar-refractivity contribution is -0.137. The fourth-order valence-electron chi connectivity index (χ4n) is 4.79. The van der Waals surface area contributed by atoms with Crippen LogP contribution in [-0.2, 0) is 11.0 Å². The first-order valence-corrected chi connectivity index (χ1v) is 12.2. The van der Waals surface area contributed by atoms with Crippen molar-refractivity contribution in [2.45, 2.75) is 51.9 Å². The van der Waals surface area contributed by atoms with Crippen molar-refractivity contribution in [1.29, 1.82) is 0 Å². The Labute approximate surface area is 213 Å². The molecule has 2 heterocycles. The lowest BCUT2D eigenvalue weighted by atomic mass is 9.73. The van der Waals surface area contributed by atoms with Crippen molar-refractivity contribution in [3.63, 3.8) is 0 Å². The molecule has 3 unspecified atom stereocenters. The Balaban J connectivity index is 1.66. The highest BCUT2D eigenvalue weighted by molar-refractivity contribution is 5.87. The highest BCUT2D eigenvalue weighted by Crippen LogP contribution is 2.41. The number of aromatic amines is 1. The minimum atomic E-state index is -4.47. The molecular formula is C26H31F3N6O2. The number of hydrogen-bond donors (Lipinski definition) is 3. The number of aromatic nitrogens is 3. The van der Waals surface area contributed by atoms with Crippen LogP contribution < -0.4 is 10.6 Å². The zero-order valence-electron chi connectivity index (χ0n) is 21.2. The highest BCUT2D eigenvalue weighted by atomic mass is 19.4. The number of likely N-dealkylation sites (tertiary alicyclic amines) is 1. The largest absolute Gasteiger partial charge is 0.416 e. The summed E-state index contributed by atoms with van der Waals surface area (Å²) in [6.45, 7) is 8.09. The van der Waals surface area contributed by atoms with Crippen molar-refractivity contribution in [3.05, 3.63) is 65.3 Å². The summed E-state index contributed by atoms with van der Waals surface area (Å²) in [5.74, 6) is -0.761. The van der Waals surface area contributed by atoms with Crippen LogP contribution in [0.3, 0.4) is 0 Å². The van der Waals surface area contributed by atoms with Gasteiger partial charge in [-0.1, -0.05) is 29.9 Å². The summed E-state index contributed by atoms with van der Waals surface area (Å²) in [5.41, 5.74) is 0.804. The number of amides is 3. The molecule has 3 N–H and O–H groups in total. The van der Waals surface area contributed by atoms with Gasteiger partial charge < -0.3 is 20.5 Å². The van der Waals surface area contributed by atoms with E-state index in [1.807, 2.05) is 20.8 Å². The molecule has 0 spiro atoms. The van der Waals surface area contributed by atoms with Crippen molar-refractivity contribution in [2.24, 2.45) is 11.8 Å². The van der Waals surface area contributed by atoms with Crippen molar-refractivity contribution in [1.82, 2.24) is 30.7 Å². The van der Waals surface area contributed by atoms with Gasteiger partial charge in [-0.3, -0.25) is 4.79 Å². The van der Waals surface area contributed by atoms with E-state index in [1.165, 1.54) is 12.4 Å². The molecule has 1 aromatic carbocycles. The Morgan fingerprint density at radius 2 is 1.97 bits per heavy atom. The number of hydrogen-bond acceptors (Lipinski definition) is 4. The number of carbonyl (C=O) groups is 2. The molecule has 0 radical (unpaired) electrons. The number of rotatable bonds is 4. The summed E-state index contributed by atoms with van der Waals surface area (Å²) in [5, 5.41) is 13.6. The molecule has 1 fully saturated rings. The third kappa shape index (κ3) is 6.03. The standard InChI is InChI=1S/C26H31F3N6O2/c1-15(22-30-14-31-34-22)32-23(36)20-9-8-18(16-6-5-7-17(12-16)26(27,28)29)19-10-11-35(13-21(19)20)24(37)33-25(2,3)4/h5-9,12,14-15,20-21H,10-11,13H2,1-4H3,(H,32,36)(H,33,37)(H,30,31,34). The molecule has 3 atom stereocenters. The molecule has 0 saturated carbocycles. The fraction of sp³-hybridized carbons (Fsp3) is 0.462. The van der Waals surface area contributed by atoms with Crippen LogP contribution in [0.4, 0.5) is 18.0 Å². The molecular weight excluding hydrogens is 485 g/mol. The summed E-state index contributed by atoms with van der Waals surface area (Å²) >= 11 is 0. The SMILES string of the molecule is CC(NC(=O)C1C=CC(c2cccc(C(F)(F)F)c2)=C2CCN(C(=O)NC(C)(C)C)CC21)c1nnc[nH]1. The van der Waals surface area contributed by atoms with Crippen molar-refractivity contribution in [2.75, 3.05) is 13.1 Å². The second-order valence-electron chi connectivity index (χ2n) is 10.5. The predicted molar refractivity (Wildman–Crippen MR) is 132 cm³/mol. The number of H-pyrrole nitrogens is 1. The van der Waals surface area contributed by atoms with E-state index in [9.17, 15) is 22.8 Å². The lowest BCUT2D eigenvalue weighted by Gasteiger charge is -2.41. The number of benzene rings is 1. The average Bonchev–Trinajstić information content (AvgIpc) is 3.36. The topological polar surface area (TPSA) is 103 Å². The summed E-state index contributed by atoms with van der Waals surface area (Å²) in [4.78, 5) is 30.9. The molecule has 4 rings (SSSR count). The van der Waals surface area contributed by atoms with E-state index in [1.54, 1.807) is 30.0 Å². The summed E-state index contributed by atoms with van der Waals surface area (Å²) < 4.78 is 40.2. The monoisotopic (exact) mass is 516 g/mol. The van der Waals surface area contributed by atoms with Gasteiger partial charge in [0, 0.05) is 24.5 Å². The molecule has 1 aliphatic carbocycles. The number of allylic oxidation sites excluding steroid dienone is 2. The van der Waals surface area contributed by atoms with Crippen LogP contribution in [0.2, 0.25) is 0 Å². The number of nitrogens with zero attached hydrogens (tertiary/aromatic N) is 3. The molecule has 198 valence electrons. The highest BCUT2D eigenvalue weighted by Gasteiger charge is 2.40. The van der Waals surface area contributed by atoms with E-state index < -0.39 is 35.2 Å². The Kier molecular flexibility index (Phi) is 7.16. The number of halogens is 3. The maximum atomic E-state index is 13.4. The molecule has 1 aromatic heterocycles. The Bertz CT molecular complexity index is 1210. The molecule has 1 saturated heterocycles. The Morgan fingerprint density at radius 1 is 1.22 bits per heavy atom. The summed E-state index contributed by atoms with van der Waals surface area (Å²) in [6.07, 6.45) is 0.854. The quantitative estimate of drug-likeness (QED) is 0.558. The third-order valence-corrected chi connectivity index (χ3v) is 6.54. The molecule has 2 aliphatic rings. The third-order valence-electron chi connectivity index (χ3n) is 6.54. The van der Waals surface area contributed by atoms with Crippen molar-refractivity contribution in [3.8, 4) is 0 Å². The molecule has 2 aromatic rings. The van der Waals surface area contributed by atoms with Gasteiger partial charge in [0.05, 0.1) is 17.5 Å². The molecule has 1 aliphatic heterocycles. The zero-order valence-corrected chi connectivity index (χ0v) is 21.2. The molecule has 0 bridgehead atoms. The molecule has 8 nitrogen and oxygen atoms in total. The van der Waals surface area contributed by atoms with E-state index >= 15 is 0 Å². The van der Waals surface area contributed by atoms with E-state index in [0.29, 0.717) is 29.9 Å². The predicted octanol–water partition coefficient (Wildman–Crippen LogP) is 4.47. The molecule has 11 heteroatoms. The van der Waals surface area contributed by atoms with Gasteiger partial charge in [0.15, 0.2) is 5.82 Å². The number of nitrogens with one attached hydrogen (secondary N) is 3. The van der Waals surface area contributed by atoms with Crippen LogP contribution in [0.1, 0.15) is 57.1 Å². The van der Waals surface area contributed by atoms with Gasteiger partial charge in [-0.05, 0) is 57.4 Å².